The van der Waals surface area contributed by atoms with Gasteiger partial charge < -0.3 is 15.3 Å². The third-order valence-corrected chi connectivity index (χ3v) is 7.19. The average molecular weight is 520 g/mol. The van der Waals surface area contributed by atoms with Crippen LogP contribution < -0.4 is 10.2 Å². The summed E-state index contributed by atoms with van der Waals surface area (Å²) >= 11 is 0. The molecular formula is C23H29F4N3O4S. The zero-order chi connectivity index (χ0) is 26.2. The molecule has 2 rings (SSSR count). The number of hydrogen-bond acceptors (Lipinski definition) is 5. The van der Waals surface area contributed by atoms with Crippen LogP contribution in [0.5, 0.6) is 0 Å². The number of carbonyl (C=O) groups is 1. The van der Waals surface area contributed by atoms with Crippen molar-refractivity contribution in [2.75, 3.05) is 37.7 Å². The lowest BCUT2D eigenvalue weighted by atomic mass is 10.2. The molecule has 0 bridgehead atoms. The normalized spacial score (nSPS) is 12.3. The van der Waals surface area contributed by atoms with Gasteiger partial charge in [-0.3, -0.25) is 4.79 Å². The van der Waals surface area contributed by atoms with Gasteiger partial charge in [0.1, 0.15) is 5.82 Å². The molecule has 0 aliphatic rings. The van der Waals surface area contributed by atoms with E-state index in [1.54, 1.807) is 18.7 Å². The predicted octanol–water partition coefficient (Wildman–Crippen LogP) is 3.25. The smallest absolute Gasteiger partial charge is 0.395 e. The fourth-order valence-corrected chi connectivity index (χ4v) is 4.93. The second kappa shape index (κ2) is 12.3. The monoisotopic (exact) mass is 519 g/mol. The maximum absolute atomic E-state index is 13.2. The molecule has 0 heterocycles. The van der Waals surface area contributed by atoms with Crippen molar-refractivity contribution in [3.8, 4) is 0 Å². The highest BCUT2D eigenvalue weighted by atomic mass is 32.2. The zero-order valence-corrected chi connectivity index (χ0v) is 20.2. The van der Waals surface area contributed by atoms with Crippen LogP contribution in [0.2, 0.25) is 0 Å². The summed E-state index contributed by atoms with van der Waals surface area (Å²) in [6, 6.07) is 8.35. The second-order valence-corrected chi connectivity index (χ2v) is 9.95. The first-order valence-corrected chi connectivity index (χ1v) is 12.4. The van der Waals surface area contributed by atoms with Crippen molar-refractivity contribution < 1.29 is 35.9 Å². The van der Waals surface area contributed by atoms with E-state index in [1.807, 2.05) is 0 Å². The number of nitrogens with zero attached hydrogens (tertiary/aromatic N) is 2. The summed E-state index contributed by atoms with van der Waals surface area (Å²) in [6.45, 7) is 3.30. The fourth-order valence-electron chi connectivity index (χ4n) is 3.33. The van der Waals surface area contributed by atoms with Gasteiger partial charge in [-0.15, -0.1) is 0 Å². The minimum Gasteiger partial charge on any atom is -0.395 e. The Bertz CT molecular complexity index is 1060. The van der Waals surface area contributed by atoms with Crippen molar-refractivity contribution >= 4 is 21.6 Å². The van der Waals surface area contributed by atoms with Gasteiger partial charge in [0.15, 0.2) is 0 Å². The van der Waals surface area contributed by atoms with Gasteiger partial charge in [0.2, 0.25) is 15.9 Å². The molecule has 0 spiro atoms. The van der Waals surface area contributed by atoms with E-state index < -0.39 is 46.1 Å². The first kappa shape index (κ1) is 28.5. The van der Waals surface area contributed by atoms with Gasteiger partial charge in [0.05, 0.1) is 23.6 Å². The molecule has 0 saturated heterocycles. The van der Waals surface area contributed by atoms with Crippen molar-refractivity contribution in [3.63, 3.8) is 0 Å². The van der Waals surface area contributed by atoms with Crippen LogP contribution in [0.4, 0.5) is 23.2 Å². The molecule has 7 nitrogen and oxygen atoms in total. The molecule has 0 aliphatic carbocycles. The lowest BCUT2D eigenvalue weighted by Crippen LogP contribution is -2.44. The maximum Gasteiger partial charge on any atom is 0.416 e. The Hall–Kier alpha value is -2.70. The molecule has 2 aromatic carbocycles. The molecule has 2 N–H and O–H groups in total. The molecule has 0 atom stereocenters. The van der Waals surface area contributed by atoms with Gasteiger partial charge in [-0.25, -0.2) is 12.8 Å². The summed E-state index contributed by atoms with van der Waals surface area (Å²) < 4.78 is 78.2. The van der Waals surface area contributed by atoms with E-state index >= 15 is 0 Å². The zero-order valence-electron chi connectivity index (χ0n) is 19.4. The largest absolute Gasteiger partial charge is 0.416 e. The average Bonchev–Trinajstić information content (AvgIpc) is 2.79. The number of sulfonamides is 1. The molecular weight excluding hydrogens is 490 g/mol. The van der Waals surface area contributed by atoms with Gasteiger partial charge in [-0.05, 0) is 68.8 Å². The van der Waals surface area contributed by atoms with Gasteiger partial charge >= 0.3 is 6.18 Å². The summed E-state index contributed by atoms with van der Waals surface area (Å²) in [4.78, 5) is 14.0. The number of alkyl halides is 3. The number of aliphatic hydroxyl groups excluding tert-OH is 1. The SMILES string of the molecule is CC(C)N(CC(=O)NCCCN(CCO)c1ccc(C(F)(F)F)cc1)S(=O)(=O)c1ccc(F)cc1. The summed E-state index contributed by atoms with van der Waals surface area (Å²) in [5.41, 5.74) is -0.280. The highest BCUT2D eigenvalue weighted by Gasteiger charge is 2.30. The van der Waals surface area contributed by atoms with Crippen LogP contribution in [0.3, 0.4) is 0 Å². The van der Waals surface area contributed by atoms with E-state index in [2.05, 4.69) is 5.32 Å². The summed E-state index contributed by atoms with van der Waals surface area (Å²) in [6.07, 6.45) is -4.04. The van der Waals surface area contributed by atoms with Gasteiger partial charge in [0, 0.05) is 31.4 Å². The number of hydrogen-bond donors (Lipinski definition) is 2. The molecule has 194 valence electrons. The third-order valence-electron chi connectivity index (χ3n) is 5.15. The van der Waals surface area contributed by atoms with Crippen LogP contribution in [0.25, 0.3) is 0 Å². The molecule has 0 saturated carbocycles. The lowest BCUT2D eigenvalue weighted by molar-refractivity contribution is -0.137. The second-order valence-electron chi connectivity index (χ2n) is 8.06. The van der Waals surface area contributed by atoms with E-state index in [4.69, 9.17) is 0 Å². The Morgan fingerprint density at radius 2 is 1.63 bits per heavy atom. The van der Waals surface area contributed by atoms with Gasteiger partial charge in [-0.2, -0.15) is 17.5 Å². The maximum atomic E-state index is 13.2. The topological polar surface area (TPSA) is 89.9 Å². The Labute approximate surface area is 202 Å². The lowest BCUT2D eigenvalue weighted by Gasteiger charge is -2.26. The minimum atomic E-state index is -4.45. The van der Waals surface area contributed by atoms with E-state index in [0.29, 0.717) is 18.7 Å². The number of amides is 1. The Kier molecular flexibility index (Phi) is 10.0. The van der Waals surface area contributed by atoms with Crippen LogP contribution in [0.1, 0.15) is 25.8 Å². The van der Waals surface area contributed by atoms with Crippen molar-refractivity contribution in [3.05, 3.63) is 59.9 Å². The number of benzene rings is 2. The Morgan fingerprint density at radius 1 is 1.03 bits per heavy atom. The van der Waals surface area contributed by atoms with Gasteiger partial charge in [0.25, 0.3) is 0 Å². The number of halogens is 4. The van der Waals surface area contributed by atoms with Gasteiger partial charge in [-0.1, -0.05) is 0 Å². The summed E-state index contributed by atoms with van der Waals surface area (Å²) in [7, 11) is -4.02. The highest BCUT2D eigenvalue weighted by molar-refractivity contribution is 7.89. The van der Waals surface area contributed by atoms with Crippen molar-refractivity contribution in [1.29, 1.82) is 0 Å². The highest BCUT2D eigenvalue weighted by Crippen LogP contribution is 2.30. The van der Waals surface area contributed by atoms with E-state index in [0.717, 1.165) is 40.7 Å². The molecule has 1 amide bonds. The van der Waals surface area contributed by atoms with Crippen LogP contribution in [-0.4, -0.2) is 62.6 Å². The minimum absolute atomic E-state index is 0.128. The van der Waals surface area contributed by atoms with Crippen molar-refractivity contribution in [1.82, 2.24) is 9.62 Å². The third kappa shape index (κ3) is 8.18. The van der Waals surface area contributed by atoms with E-state index in [1.165, 1.54) is 12.1 Å². The molecule has 0 radical (unpaired) electrons. The Balaban J connectivity index is 1.94. The van der Waals surface area contributed by atoms with Crippen LogP contribution in [-0.2, 0) is 21.0 Å². The molecule has 2 aromatic rings. The number of anilines is 1. The van der Waals surface area contributed by atoms with Crippen molar-refractivity contribution in [2.24, 2.45) is 0 Å². The molecule has 35 heavy (non-hydrogen) atoms. The number of rotatable bonds is 12. The number of aliphatic hydroxyl groups is 1. The first-order chi connectivity index (χ1) is 16.4. The van der Waals surface area contributed by atoms with Crippen LogP contribution >= 0.6 is 0 Å². The number of carbonyl (C=O) groups excluding carboxylic acids is 1. The van der Waals surface area contributed by atoms with Crippen molar-refractivity contribution in [2.45, 2.75) is 37.4 Å². The standard InChI is InChI=1S/C23H29F4N3O4S/c1-17(2)30(35(33,34)21-10-6-19(24)7-11-21)16-22(32)28-12-3-13-29(14-15-31)20-8-4-18(5-9-20)23(25,26)27/h4-11,17,31H,3,12-16H2,1-2H3,(H,28,32). The molecule has 0 fully saturated rings. The summed E-state index contributed by atoms with van der Waals surface area (Å²) in [5, 5.41) is 11.9. The molecule has 12 heteroatoms. The summed E-state index contributed by atoms with van der Waals surface area (Å²) in [5.74, 6) is -1.11. The molecule has 0 unspecified atom stereocenters. The number of nitrogens with one attached hydrogen (secondary N) is 1. The Morgan fingerprint density at radius 3 is 2.14 bits per heavy atom. The van der Waals surface area contributed by atoms with Crippen LogP contribution in [0.15, 0.2) is 53.4 Å². The van der Waals surface area contributed by atoms with E-state index in [-0.39, 0.29) is 24.6 Å². The fraction of sp³-hybridized carbons (Fsp3) is 0.435. The first-order valence-electron chi connectivity index (χ1n) is 10.9. The molecule has 0 aromatic heterocycles. The van der Waals surface area contributed by atoms with E-state index in [9.17, 15) is 35.9 Å². The van der Waals surface area contributed by atoms with Crippen LogP contribution in [0, 0.1) is 5.82 Å². The molecule has 0 aliphatic heterocycles. The predicted molar refractivity (Wildman–Crippen MR) is 124 cm³/mol. The quantitative estimate of drug-likeness (QED) is 0.332.